The number of benzene rings is 1. The summed E-state index contributed by atoms with van der Waals surface area (Å²) in [5.74, 6) is 0.335. The second-order valence-corrected chi connectivity index (χ2v) is 5.36. The Balaban J connectivity index is 2.09. The number of carbonyl (C=O) groups is 1. The Bertz CT molecular complexity index is 491. The summed E-state index contributed by atoms with van der Waals surface area (Å²) < 4.78 is 5.64. The molecule has 1 saturated carbocycles. The molecule has 0 saturated heterocycles. The molecule has 3 aliphatic carbocycles. The quantitative estimate of drug-likeness (QED) is 0.745. The van der Waals surface area contributed by atoms with Gasteiger partial charge in [0.1, 0.15) is 5.78 Å². The standard InChI is InChI=1S/C16H18O2/c1-18-15-8-7-14(17)16(11-9-15,12-10-15)13-5-3-2-4-6-13/h2-6,9,11H,7-8,10,12H2,1H3. The number of hydrogen-bond acceptors (Lipinski definition) is 2. The highest BCUT2D eigenvalue weighted by Crippen LogP contribution is 2.46. The molecular formula is C16H18O2. The fourth-order valence-electron chi connectivity index (χ4n) is 3.27. The van der Waals surface area contributed by atoms with Crippen LogP contribution in [0.25, 0.3) is 0 Å². The summed E-state index contributed by atoms with van der Waals surface area (Å²) in [6.45, 7) is 0. The zero-order valence-electron chi connectivity index (χ0n) is 10.7. The number of Topliss-reactive ketones (excluding diaryl/α,β-unsaturated/α-hetero) is 1. The van der Waals surface area contributed by atoms with Gasteiger partial charge in [-0.3, -0.25) is 4.79 Å². The van der Waals surface area contributed by atoms with Gasteiger partial charge >= 0.3 is 0 Å². The second-order valence-electron chi connectivity index (χ2n) is 5.36. The molecule has 4 rings (SSSR count). The number of carbonyl (C=O) groups excluding carboxylic acids is 1. The van der Waals surface area contributed by atoms with Crippen LogP contribution in [-0.4, -0.2) is 18.5 Å². The number of allylic oxidation sites excluding steroid dienone is 1. The lowest BCUT2D eigenvalue weighted by atomic mass is 9.70. The van der Waals surface area contributed by atoms with Crippen molar-refractivity contribution in [1.29, 1.82) is 0 Å². The van der Waals surface area contributed by atoms with Crippen molar-refractivity contribution in [3.63, 3.8) is 0 Å². The molecular weight excluding hydrogens is 224 g/mol. The molecule has 0 aromatic heterocycles. The molecule has 0 heterocycles. The summed E-state index contributed by atoms with van der Waals surface area (Å²) in [5.41, 5.74) is 0.516. The minimum absolute atomic E-state index is 0.204. The first kappa shape index (κ1) is 11.7. The second kappa shape index (κ2) is 4.06. The highest BCUT2D eigenvalue weighted by atomic mass is 16.5. The van der Waals surface area contributed by atoms with Crippen LogP contribution >= 0.6 is 0 Å². The molecule has 0 N–H and O–H groups in total. The van der Waals surface area contributed by atoms with Crippen molar-refractivity contribution in [2.75, 3.05) is 7.11 Å². The molecule has 3 aliphatic rings. The van der Waals surface area contributed by atoms with Crippen LogP contribution in [-0.2, 0) is 14.9 Å². The van der Waals surface area contributed by atoms with Crippen molar-refractivity contribution in [3.05, 3.63) is 48.0 Å². The lowest BCUT2D eigenvalue weighted by Crippen LogP contribution is -2.37. The molecule has 2 nitrogen and oxygen atoms in total. The molecule has 0 spiro atoms. The van der Waals surface area contributed by atoms with Crippen molar-refractivity contribution >= 4 is 5.78 Å². The van der Waals surface area contributed by atoms with Crippen molar-refractivity contribution in [1.82, 2.24) is 0 Å². The number of rotatable bonds is 2. The predicted octanol–water partition coefficient (Wildman–Crippen LogP) is 3.02. The zero-order valence-corrected chi connectivity index (χ0v) is 10.7. The number of methoxy groups -OCH3 is 1. The molecule has 1 fully saturated rings. The van der Waals surface area contributed by atoms with E-state index in [1.807, 2.05) is 18.2 Å². The molecule has 0 amide bonds. The van der Waals surface area contributed by atoms with Crippen LogP contribution in [0.1, 0.15) is 31.2 Å². The first-order valence-corrected chi connectivity index (χ1v) is 6.55. The summed E-state index contributed by atoms with van der Waals surface area (Å²) in [7, 11) is 1.75. The van der Waals surface area contributed by atoms with Crippen LogP contribution < -0.4 is 0 Å². The minimum atomic E-state index is -0.403. The lowest BCUT2D eigenvalue weighted by molar-refractivity contribution is -0.122. The summed E-state index contributed by atoms with van der Waals surface area (Å²) in [5, 5.41) is 0. The number of ether oxygens (including phenoxy) is 1. The number of hydrogen-bond donors (Lipinski definition) is 0. The monoisotopic (exact) mass is 242 g/mol. The maximum atomic E-state index is 12.5. The highest BCUT2D eigenvalue weighted by molar-refractivity contribution is 5.93. The van der Waals surface area contributed by atoms with Gasteiger partial charge in [-0.15, -0.1) is 0 Å². The summed E-state index contributed by atoms with van der Waals surface area (Å²) in [4.78, 5) is 12.5. The van der Waals surface area contributed by atoms with Crippen LogP contribution in [0, 0.1) is 0 Å². The van der Waals surface area contributed by atoms with Crippen molar-refractivity contribution < 1.29 is 9.53 Å². The van der Waals surface area contributed by atoms with Gasteiger partial charge < -0.3 is 4.74 Å². The summed E-state index contributed by atoms with van der Waals surface area (Å²) >= 11 is 0. The van der Waals surface area contributed by atoms with Gasteiger partial charge in [0.05, 0.1) is 11.0 Å². The maximum absolute atomic E-state index is 12.5. The normalized spacial score (nSPS) is 34.6. The van der Waals surface area contributed by atoms with Crippen molar-refractivity contribution in [2.45, 2.75) is 36.7 Å². The predicted molar refractivity (Wildman–Crippen MR) is 70.5 cm³/mol. The van der Waals surface area contributed by atoms with E-state index in [1.165, 1.54) is 0 Å². The third-order valence-electron chi connectivity index (χ3n) is 4.58. The molecule has 1 aromatic rings. The first-order valence-electron chi connectivity index (χ1n) is 6.55. The van der Waals surface area contributed by atoms with Gasteiger partial charge in [-0.25, -0.2) is 0 Å². The van der Waals surface area contributed by atoms with E-state index in [4.69, 9.17) is 4.74 Å². The lowest BCUT2D eigenvalue weighted by Gasteiger charge is -2.36. The summed E-state index contributed by atoms with van der Waals surface area (Å²) in [6.07, 6.45) is 7.42. The molecule has 2 atom stereocenters. The smallest absolute Gasteiger partial charge is 0.147 e. The molecule has 2 bridgehead atoms. The van der Waals surface area contributed by atoms with E-state index in [0.717, 1.165) is 24.8 Å². The fourth-order valence-corrected chi connectivity index (χ4v) is 3.27. The molecule has 18 heavy (non-hydrogen) atoms. The van der Waals surface area contributed by atoms with Crippen molar-refractivity contribution in [3.8, 4) is 0 Å². The van der Waals surface area contributed by atoms with E-state index in [0.29, 0.717) is 12.2 Å². The Morgan fingerprint density at radius 1 is 1.06 bits per heavy atom. The molecule has 1 aromatic carbocycles. The van der Waals surface area contributed by atoms with Gasteiger partial charge in [0.2, 0.25) is 0 Å². The summed E-state index contributed by atoms with van der Waals surface area (Å²) in [6, 6.07) is 10.1. The molecule has 0 aliphatic heterocycles. The minimum Gasteiger partial charge on any atom is -0.374 e. The third-order valence-corrected chi connectivity index (χ3v) is 4.58. The van der Waals surface area contributed by atoms with Crippen LogP contribution in [0.15, 0.2) is 42.5 Å². The maximum Gasteiger partial charge on any atom is 0.147 e. The van der Waals surface area contributed by atoms with E-state index < -0.39 is 5.41 Å². The van der Waals surface area contributed by atoms with Gasteiger partial charge in [-0.1, -0.05) is 42.5 Å². The Labute approximate surface area is 108 Å². The molecule has 0 radical (unpaired) electrons. The largest absolute Gasteiger partial charge is 0.374 e. The van der Waals surface area contributed by atoms with Crippen LogP contribution in [0.4, 0.5) is 0 Å². The van der Waals surface area contributed by atoms with Gasteiger partial charge in [-0.05, 0) is 24.8 Å². The molecule has 2 heteroatoms. The Hall–Kier alpha value is -1.41. The average Bonchev–Trinajstić information content (AvgIpc) is 2.68. The van der Waals surface area contributed by atoms with Gasteiger partial charge in [-0.2, -0.15) is 0 Å². The average molecular weight is 242 g/mol. The van der Waals surface area contributed by atoms with Crippen LogP contribution in [0.3, 0.4) is 0 Å². The zero-order chi connectivity index (χ0) is 12.6. The van der Waals surface area contributed by atoms with Crippen molar-refractivity contribution in [2.24, 2.45) is 0 Å². The van der Waals surface area contributed by atoms with E-state index in [9.17, 15) is 4.79 Å². The molecule has 2 unspecified atom stereocenters. The van der Waals surface area contributed by atoms with E-state index >= 15 is 0 Å². The van der Waals surface area contributed by atoms with E-state index in [-0.39, 0.29) is 5.60 Å². The SMILES string of the molecule is COC12C=CC(c3ccccc3)(CC1)C(=O)CC2. The van der Waals surface area contributed by atoms with E-state index in [2.05, 4.69) is 24.3 Å². The first-order chi connectivity index (χ1) is 8.71. The fraction of sp³-hybridized carbons (Fsp3) is 0.438. The van der Waals surface area contributed by atoms with Gasteiger partial charge in [0, 0.05) is 13.5 Å². The topological polar surface area (TPSA) is 26.3 Å². The Kier molecular flexibility index (Phi) is 2.63. The van der Waals surface area contributed by atoms with Crippen LogP contribution in [0.2, 0.25) is 0 Å². The van der Waals surface area contributed by atoms with Crippen LogP contribution in [0.5, 0.6) is 0 Å². The Morgan fingerprint density at radius 2 is 1.83 bits per heavy atom. The number of fused-ring (bicyclic) bond motifs is 3. The highest BCUT2D eigenvalue weighted by Gasteiger charge is 2.47. The van der Waals surface area contributed by atoms with E-state index in [1.54, 1.807) is 7.11 Å². The number of ketones is 1. The van der Waals surface area contributed by atoms with Gasteiger partial charge in [0.25, 0.3) is 0 Å². The molecule has 94 valence electrons. The van der Waals surface area contributed by atoms with Gasteiger partial charge in [0.15, 0.2) is 0 Å². The Morgan fingerprint density at radius 3 is 2.44 bits per heavy atom. The third kappa shape index (κ3) is 1.56.